The van der Waals surface area contributed by atoms with Crippen LogP contribution < -0.4 is 0 Å². The molecule has 2 aromatic carbocycles. The number of aromatic nitrogens is 2. The molecule has 0 aliphatic carbocycles. The lowest BCUT2D eigenvalue weighted by molar-refractivity contribution is 0.771. The van der Waals surface area contributed by atoms with Gasteiger partial charge in [-0.1, -0.05) is 30.3 Å². The molecular formula is C14H14N2O. The van der Waals surface area contributed by atoms with E-state index in [0.717, 1.165) is 13.0 Å². The van der Waals surface area contributed by atoms with Crippen LogP contribution in [0.15, 0.2) is 36.4 Å². The molecule has 1 aliphatic rings. The number of benzene rings is 2. The molecule has 3 nitrogen and oxygen atoms in total. The lowest BCUT2D eigenvalue weighted by Crippen LogP contribution is -1.90. The van der Waals surface area contributed by atoms with Crippen LogP contribution in [-0.2, 0) is 13.0 Å². The quantitative estimate of drug-likeness (QED) is 0.580. The van der Waals surface area contributed by atoms with Crippen molar-refractivity contribution in [1.82, 2.24) is 9.55 Å². The zero-order valence-electron chi connectivity index (χ0n) is 9.48. The van der Waals surface area contributed by atoms with Crippen molar-refractivity contribution in [3.63, 3.8) is 0 Å². The van der Waals surface area contributed by atoms with Crippen LogP contribution in [0.5, 0.6) is 0 Å². The van der Waals surface area contributed by atoms with Crippen LogP contribution in [0.1, 0.15) is 12.2 Å². The van der Waals surface area contributed by atoms with Gasteiger partial charge in [0, 0.05) is 18.4 Å². The van der Waals surface area contributed by atoms with Crippen molar-refractivity contribution in [3.8, 4) is 0 Å². The molecule has 0 unspecified atom stereocenters. The number of imidazole rings is 1. The first-order chi connectivity index (χ1) is 7.93. The molecule has 2 heterocycles. The van der Waals surface area contributed by atoms with Crippen molar-refractivity contribution in [2.24, 2.45) is 0 Å². The van der Waals surface area contributed by atoms with Gasteiger partial charge in [0.1, 0.15) is 5.82 Å². The third-order valence-electron chi connectivity index (χ3n) is 3.50. The van der Waals surface area contributed by atoms with Gasteiger partial charge in [0.05, 0.1) is 11.0 Å². The topological polar surface area (TPSA) is 49.3 Å². The molecule has 4 rings (SSSR count). The Balaban J connectivity index is 0.000000902. The maximum absolute atomic E-state index is 4.78. The van der Waals surface area contributed by atoms with Crippen LogP contribution in [0.3, 0.4) is 0 Å². The van der Waals surface area contributed by atoms with Crippen LogP contribution >= 0.6 is 0 Å². The van der Waals surface area contributed by atoms with E-state index >= 15 is 0 Å². The summed E-state index contributed by atoms with van der Waals surface area (Å²) >= 11 is 0. The van der Waals surface area contributed by atoms with E-state index in [4.69, 9.17) is 4.98 Å². The molecule has 1 aromatic heterocycles. The molecule has 0 amide bonds. The number of fused-ring (bicyclic) bond motifs is 5. The Morgan fingerprint density at radius 2 is 1.94 bits per heavy atom. The van der Waals surface area contributed by atoms with Gasteiger partial charge in [-0.25, -0.2) is 4.98 Å². The minimum absolute atomic E-state index is 0. The van der Waals surface area contributed by atoms with E-state index in [9.17, 15) is 0 Å². The number of nitrogens with zero attached hydrogens (tertiary/aromatic N) is 2. The zero-order chi connectivity index (χ0) is 10.5. The minimum Gasteiger partial charge on any atom is -0.412 e. The summed E-state index contributed by atoms with van der Waals surface area (Å²) < 4.78 is 2.36. The predicted octanol–water partition coefficient (Wildman–Crippen LogP) is 2.31. The predicted molar refractivity (Wildman–Crippen MR) is 69.2 cm³/mol. The summed E-state index contributed by atoms with van der Waals surface area (Å²) in [5.41, 5.74) is 2.47. The van der Waals surface area contributed by atoms with E-state index in [2.05, 4.69) is 41.0 Å². The van der Waals surface area contributed by atoms with Crippen molar-refractivity contribution in [2.45, 2.75) is 19.4 Å². The van der Waals surface area contributed by atoms with Crippen LogP contribution in [0.25, 0.3) is 21.8 Å². The molecular weight excluding hydrogens is 212 g/mol. The van der Waals surface area contributed by atoms with Gasteiger partial charge in [-0.15, -0.1) is 0 Å². The second-order valence-corrected chi connectivity index (χ2v) is 4.44. The van der Waals surface area contributed by atoms with Crippen molar-refractivity contribution in [3.05, 3.63) is 42.2 Å². The SMILES string of the molecule is O.c1ccc2c(c1)ccc1c2nc2n1CCC2. The van der Waals surface area contributed by atoms with Crippen molar-refractivity contribution in [2.75, 3.05) is 0 Å². The second kappa shape index (κ2) is 3.57. The van der Waals surface area contributed by atoms with Crippen molar-refractivity contribution >= 4 is 21.8 Å². The minimum atomic E-state index is 0. The Kier molecular flexibility index (Phi) is 2.16. The summed E-state index contributed by atoms with van der Waals surface area (Å²) in [6, 6.07) is 12.9. The van der Waals surface area contributed by atoms with E-state index in [1.165, 1.54) is 34.1 Å². The fourth-order valence-corrected chi connectivity index (χ4v) is 2.74. The van der Waals surface area contributed by atoms with Gasteiger partial charge in [-0.2, -0.15) is 0 Å². The van der Waals surface area contributed by atoms with Gasteiger partial charge < -0.3 is 10.0 Å². The molecule has 2 N–H and O–H groups in total. The third kappa shape index (κ3) is 1.29. The normalized spacial score (nSPS) is 13.9. The lowest BCUT2D eigenvalue weighted by atomic mass is 10.1. The Bertz CT molecular complexity index is 700. The van der Waals surface area contributed by atoms with Gasteiger partial charge >= 0.3 is 0 Å². The molecule has 0 bridgehead atoms. The number of aryl methyl sites for hydroxylation is 2. The molecule has 86 valence electrons. The Hall–Kier alpha value is -1.87. The maximum atomic E-state index is 4.78. The molecule has 0 saturated heterocycles. The second-order valence-electron chi connectivity index (χ2n) is 4.44. The van der Waals surface area contributed by atoms with Gasteiger partial charge in [0.2, 0.25) is 0 Å². The molecule has 0 radical (unpaired) electrons. The van der Waals surface area contributed by atoms with E-state index in [1.54, 1.807) is 0 Å². The highest BCUT2D eigenvalue weighted by molar-refractivity contribution is 6.04. The summed E-state index contributed by atoms with van der Waals surface area (Å²) in [7, 11) is 0. The fraction of sp³-hybridized carbons (Fsp3) is 0.214. The largest absolute Gasteiger partial charge is 0.412 e. The van der Waals surface area contributed by atoms with Gasteiger partial charge in [-0.3, -0.25) is 0 Å². The smallest absolute Gasteiger partial charge is 0.109 e. The number of rotatable bonds is 0. The highest BCUT2D eigenvalue weighted by Crippen LogP contribution is 2.28. The van der Waals surface area contributed by atoms with Gasteiger partial charge in [0.15, 0.2) is 0 Å². The maximum Gasteiger partial charge on any atom is 0.109 e. The summed E-state index contributed by atoms with van der Waals surface area (Å²) in [4.78, 5) is 4.78. The van der Waals surface area contributed by atoms with Crippen LogP contribution in [0.4, 0.5) is 0 Å². The first-order valence-corrected chi connectivity index (χ1v) is 5.80. The molecule has 17 heavy (non-hydrogen) atoms. The summed E-state index contributed by atoms with van der Waals surface area (Å²) in [5.74, 6) is 1.26. The van der Waals surface area contributed by atoms with Gasteiger partial charge in [0.25, 0.3) is 0 Å². The van der Waals surface area contributed by atoms with E-state index in [0.29, 0.717) is 0 Å². The first-order valence-electron chi connectivity index (χ1n) is 5.80. The number of hydrogen-bond donors (Lipinski definition) is 0. The van der Waals surface area contributed by atoms with Gasteiger partial charge in [-0.05, 0) is 17.9 Å². The Labute approximate surface area is 99.0 Å². The van der Waals surface area contributed by atoms with E-state index < -0.39 is 0 Å². The summed E-state index contributed by atoms with van der Waals surface area (Å²) in [6.07, 6.45) is 2.37. The standard InChI is InChI=1S/C14H12N2.H2O/c1-2-5-11-10(4-1)7-8-12-14(11)15-13-6-3-9-16(12)13;/h1-2,4-5,7-8H,3,6,9H2;1H2. The van der Waals surface area contributed by atoms with Crippen LogP contribution in [-0.4, -0.2) is 15.0 Å². The zero-order valence-corrected chi connectivity index (χ0v) is 9.48. The van der Waals surface area contributed by atoms with Crippen molar-refractivity contribution < 1.29 is 5.48 Å². The highest BCUT2D eigenvalue weighted by atomic mass is 16.0. The molecule has 0 saturated carbocycles. The summed E-state index contributed by atoms with van der Waals surface area (Å²) in [5, 5.41) is 2.56. The summed E-state index contributed by atoms with van der Waals surface area (Å²) in [6.45, 7) is 1.13. The average Bonchev–Trinajstić information content (AvgIpc) is 2.88. The first kappa shape index (κ1) is 10.3. The molecule has 3 heteroatoms. The van der Waals surface area contributed by atoms with Crippen molar-refractivity contribution in [1.29, 1.82) is 0 Å². The average molecular weight is 226 g/mol. The van der Waals surface area contributed by atoms with E-state index in [1.807, 2.05) is 0 Å². The molecule has 0 atom stereocenters. The Morgan fingerprint density at radius 3 is 2.88 bits per heavy atom. The Morgan fingerprint density at radius 1 is 1.06 bits per heavy atom. The molecule has 3 aromatic rings. The fourth-order valence-electron chi connectivity index (χ4n) is 2.74. The molecule has 1 aliphatic heterocycles. The third-order valence-corrected chi connectivity index (χ3v) is 3.50. The van der Waals surface area contributed by atoms with Crippen LogP contribution in [0.2, 0.25) is 0 Å². The monoisotopic (exact) mass is 226 g/mol. The number of hydrogen-bond acceptors (Lipinski definition) is 1. The lowest BCUT2D eigenvalue weighted by Gasteiger charge is -2.00. The molecule has 0 spiro atoms. The van der Waals surface area contributed by atoms with E-state index in [-0.39, 0.29) is 5.48 Å². The highest BCUT2D eigenvalue weighted by Gasteiger charge is 2.16. The molecule has 0 fully saturated rings. The van der Waals surface area contributed by atoms with Crippen LogP contribution in [0, 0.1) is 0 Å².